The van der Waals surface area contributed by atoms with Gasteiger partial charge < -0.3 is 30.3 Å². The van der Waals surface area contributed by atoms with E-state index in [2.05, 4.69) is 6.92 Å². The van der Waals surface area contributed by atoms with Crippen molar-refractivity contribution in [1.82, 2.24) is 0 Å². The van der Waals surface area contributed by atoms with Crippen molar-refractivity contribution in [2.24, 2.45) is 0 Å². The Morgan fingerprint density at radius 1 is 1.06 bits per heavy atom. The number of ether oxygens (including phenoxy) is 1. The number of aliphatic hydroxyl groups excluding tert-OH is 4. The molecule has 1 saturated heterocycles. The molecule has 0 saturated carbocycles. The molecule has 0 aromatic heterocycles. The molecule has 0 aromatic carbocycles. The van der Waals surface area contributed by atoms with Crippen LogP contribution in [0.1, 0.15) is 39.0 Å². The molecule has 0 amide bonds. The molecule has 108 valence electrons. The number of hydrogen-bond acceptors (Lipinski definition) is 6. The molecule has 1 fully saturated rings. The molecule has 1 unspecified atom stereocenters. The largest absolute Gasteiger partial charge is 0.394 e. The van der Waals surface area contributed by atoms with Crippen molar-refractivity contribution in [3.8, 4) is 0 Å². The summed E-state index contributed by atoms with van der Waals surface area (Å²) in [6, 6.07) is 0. The molecule has 6 heteroatoms. The van der Waals surface area contributed by atoms with E-state index in [-0.39, 0.29) is 6.42 Å². The van der Waals surface area contributed by atoms with Crippen LogP contribution >= 0.6 is 0 Å². The van der Waals surface area contributed by atoms with Gasteiger partial charge in [-0.05, 0) is 6.42 Å². The van der Waals surface area contributed by atoms with Crippen LogP contribution in [0.2, 0.25) is 0 Å². The van der Waals surface area contributed by atoms with Crippen LogP contribution in [0.4, 0.5) is 0 Å². The lowest BCUT2D eigenvalue weighted by Gasteiger charge is -2.45. The molecule has 18 heavy (non-hydrogen) atoms. The third kappa shape index (κ3) is 3.40. The topological polar surface area (TPSA) is 110 Å². The highest BCUT2D eigenvalue weighted by Gasteiger charge is 2.51. The van der Waals surface area contributed by atoms with Gasteiger partial charge in [-0.2, -0.15) is 0 Å². The first-order valence-corrected chi connectivity index (χ1v) is 6.51. The van der Waals surface area contributed by atoms with Crippen LogP contribution in [0, 0.1) is 0 Å². The van der Waals surface area contributed by atoms with E-state index in [1.807, 2.05) is 0 Å². The molecule has 0 radical (unpaired) electrons. The van der Waals surface area contributed by atoms with E-state index in [0.717, 1.165) is 19.3 Å². The van der Waals surface area contributed by atoms with Gasteiger partial charge in [-0.25, -0.2) is 0 Å². The van der Waals surface area contributed by atoms with Gasteiger partial charge in [0.05, 0.1) is 6.61 Å². The molecule has 6 nitrogen and oxygen atoms in total. The Labute approximate surface area is 107 Å². The smallest absolute Gasteiger partial charge is 0.195 e. The Balaban J connectivity index is 2.60. The zero-order valence-corrected chi connectivity index (χ0v) is 10.7. The monoisotopic (exact) mass is 264 g/mol. The van der Waals surface area contributed by atoms with Crippen molar-refractivity contribution in [3.05, 3.63) is 0 Å². The van der Waals surface area contributed by atoms with E-state index in [1.54, 1.807) is 0 Å². The standard InChI is InChI=1S/C12H24O6/c1-2-3-4-5-6-12(17)11(16)10(15)9(14)8(7-13)18-12/h8-11,13-17H,2-7H2,1H3/t8-,9-,10+,11-,12?/m1/s1. The van der Waals surface area contributed by atoms with Crippen LogP contribution in [-0.4, -0.2) is 62.3 Å². The highest BCUT2D eigenvalue weighted by atomic mass is 16.7. The second-order valence-electron chi connectivity index (χ2n) is 4.92. The highest BCUT2D eigenvalue weighted by Crippen LogP contribution is 2.32. The maximum absolute atomic E-state index is 10.2. The van der Waals surface area contributed by atoms with Crippen molar-refractivity contribution in [2.75, 3.05) is 6.61 Å². The van der Waals surface area contributed by atoms with Gasteiger partial charge >= 0.3 is 0 Å². The van der Waals surface area contributed by atoms with Gasteiger partial charge in [0.15, 0.2) is 5.79 Å². The van der Waals surface area contributed by atoms with Gasteiger partial charge in [-0.3, -0.25) is 0 Å². The van der Waals surface area contributed by atoms with Gasteiger partial charge in [0.1, 0.15) is 24.4 Å². The van der Waals surface area contributed by atoms with E-state index >= 15 is 0 Å². The van der Waals surface area contributed by atoms with Crippen LogP contribution in [0.15, 0.2) is 0 Å². The molecule has 5 N–H and O–H groups in total. The van der Waals surface area contributed by atoms with Crippen LogP contribution < -0.4 is 0 Å². The lowest BCUT2D eigenvalue weighted by Crippen LogP contribution is -2.65. The average molecular weight is 264 g/mol. The molecule has 1 rings (SSSR count). The van der Waals surface area contributed by atoms with E-state index in [9.17, 15) is 20.4 Å². The fourth-order valence-corrected chi connectivity index (χ4v) is 2.23. The Hall–Kier alpha value is -0.240. The second kappa shape index (κ2) is 6.79. The predicted molar refractivity (Wildman–Crippen MR) is 63.7 cm³/mol. The Morgan fingerprint density at radius 2 is 1.72 bits per heavy atom. The molecule has 1 heterocycles. The second-order valence-corrected chi connectivity index (χ2v) is 4.92. The summed E-state index contributed by atoms with van der Waals surface area (Å²) in [5.41, 5.74) is 0. The molecule has 0 aliphatic carbocycles. The number of unbranched alkanes of at least 4 members (excludes halogenated alkanes) is 3. The fourth-order valence-electron chi connectivity index (χ4n) is 2.23. The molecule has 1 aliphatic rings. The first kappa shape index (κ1) is 15.8. The van der Waals surface area contributed by atoms with Gasteiger partial charge in [0.25, 0.3) is 0 Å². The van der Waals surface area contributed by atoms with E-state index < -0.39 is 36.8 Å². The highest BCUT2D eigenvalue weighted by molar-refractivity contribution is 4.95. The molecule has 0 spiro atoms. The summed E-state index contributed by atoms with van der Waals surface area (Å²) in [4.78, 5) is 0. The Morgan fingerprint density at radius 3 is 2.28 bits per heavy atom. The number of hydrogen-bond donors (Lipinski definition) is 5. The van der Waals surface area contributed by atoms with Gasteiger partial charge in [0.2, 0.25) is 0 Å². The normalized spacial score (nSPS) is 41.0. The molecule has 1 aliphatic heterocycles. The Bertz CT molecular complexity index is 247. The quantitative estimate of drug-likeness (QED) is 0.398. The molecular weight excluding hydrogens is 240 g/mol. The maximum Gasteiger partial charge on any atom is 0.195 e. The van der Waals surface area contributed by atoms with Crippen LogP contribution in [0.25, 0.3) is 0 Å². The van der Waals surface area contributed by atoms with Crippen molar-refractivity contribution in [3.63, 3.8) is 0 Å². The van der Waals surface area contributed by atoms with Gasteiger partial charge in [-0.15, -0.1) is 0 Å². The minimum Gasteiger partial charge on any atom is -0.394 e. The first-order valence-electron chi connectivity index (χ1n) is 6.51. The van der Waals surface area contributed by atoms with Crippen molar-refractivity contribution >= 4 is 0 Å². The van der Waals surface area contributed by atoms with Crippen molar-refractivity contribution in [2.45, 2.75) is 69.2 Å². The molecule has 5 atom stereocenters. The molecular formula is C12H24O6. The zero-order chi connectivity index (χ0) is 13.8. The first-order chi connectivity index (χ1) is 8.46. The zero-order valence-electron chi connectivity index (χ0n) is 10.7. The van der Waals surface area contributed by atoms with Crippen LogP contribution in [0.5, 0.6) is 0 Å². The lowest BCUT2D eigenvalue weighted by molar-refractivity contribution is -0.351. The van der Waals surface area contributed by atoms with Crippen molar-refractivity contribution < 1.29 is 30.3 Å². The summed E-state index contributed by atoms with van der Waals surface area (Å²) in [7, 11) is 0. The molecule has 0 bridgehead atoms. The minimum atomic E-state index is -1.90. The number of rotatable bonds is 6. The van der Waals surface area contributed by atoms with E-state index in [0.29, 0.717) is 6.42 Å². The minimum absolute atomic E-state index is 0.161. The van der Waals surface area contributed by atoms with Crippen LogP contribution in [-0.2, 0) is 4.74 Å². The molecule has 0 aromatic rings. The summed E-state index contributed by atoms with van der Waals surface area (Å²) in [6.07, 6.45) is -1.83. The van der Waals surface area contributed by atoms with Gasteiger partial charge in [-0.1, -0.05) is 26.2 Å². The van der Waals surface area contributed by atoms with Gasteiger partial charge in [0, 0.05) is 6.42 Å². The summed E-state index contributed by atoms with van der Waals surface area (Å²) in [5, 5.41) is 48.1. The summed E-state index contributed by atoms with van der Waals surface area (Å²) >= 11 is 0. The fraction of sp³-hybridized carbons (Fsp3) is 1.00. The van der Waals surface area contributed by atoms with Crippen molar-refractivity contribution in [1.29, 1.82) is 0 Å². The Kier molecular flexibility index (Phi) is 5.97. The SMILES string of the molecule is CCCCCCC1(O)O[C@H](CO)[C@@H](O)[C@H](O)[C@H]1O. The summed E-state index contributed by atoms with van der Waals surface area (Å²) < 4.78 is 5.14. The maximum atomic E-state index is 10.2. The number of aliphatic hydroxyl groups is 5. The lowest BCUT2D eigenvalue weighted by atomic mass is 9.89. The van der Waals surface area contributed by atoms with E-state index in [1.165, 1.54) is 0 Å². The summed E-state index contributed by atoms with van der Waals surface area (Å²) in [6.45, 7) is 1.53. The third-order valence-corrected chi connectivity index (χ3v) is 3.44. The summed E-state index contributed by atoms with van der Waals surface area (Å²) in [5.74, 6) is -1.90. The predicted octanol–water partition coefficient (Wildman–Crippen LogP) is -0.881. The third-order valence-electron chi connectivity index (χ3n) is 3.44. The van der Waals surface area contributed by atoms with Crippen LogP contribution in [0.3, 0.4) is 0 Å². The average Bonchev–Trinajstić information content (AvgIpc) is 2.37. The van der Waals surface area contributed by atoms with E-state index in [4.69, 9.17) is 9.84 Å².